The molecule has 0 radical (unpaired) electrons. The highest BCUT2D eigenvalue weighted by molar-refractivity contribution is 5.09. The lowest BCUT2D eigenvalue weighted by atomic mass is 10.2. The van der Waals surface area contributed by atoms with E-state index in [-0.39, 0.29) is 6.04 Å². The standard InChI is InChI=1S/C13H18N4O/c1-3-7-14-10(2)13-16-12(17-18-13)9-11-6-4-5-8-15-11/h4-6,8,10,14H,3,7,9H2,1-2H3. The molecule has 0 amide bonds. The Hall–Kier alpha value is -1.75. The van der Waals surface area contributed by atoms with Gasteiger partial charge in [-0.05, 0) is 32.0 Å². The van der Waals surface area contributed by atoms with Crippen molar-refractivity contribution in [3.8, 4) is 0 Å². The van der Waals surface area contributed by atoms with Gasteiger partial charge >= 0.3 is 0 Å². The minimum absolute atomic E-state index is 0.0925. The molecule has 1 unspecified atom stereocenters. The molecule has 0 saturated heterocycles. The highest BCUT2D eigenvalue weighted by Gasteiger charge is 2.13. The van der Waals surface area contributed by atoms with Gasteiger partial charge in [-0.1, -0.05) is 18.1 Å². The van der Waals surface area contributed by atoms with Crippen LogP contribution in [0.3, 0.4) is 0 Å². The molecule has 0 aliphatic rings. The highest BCUT2D eigenvalue weighted by Crippen LogP contribution is 2.11. The number of pyridine rings is 1. The van der Waals surface area contributed by atoms with E-state index in [4.69, 9.17) is 4.52 Å². The van der Waals surface area contributed by atoms with E-state index >= 15 is 0 Å². The molecule has 0 bridgehead atoms. The Kier molecular flexibility index (Phi) is 4.41. The summed E-state index contributed by atoms with van der Waals surface area (Å²) in [5, 5.41) is 7.29. The van der Waals surface area contributed by atoms with Crippen LogP contribution in [0.5, 0.6) is 0 Å². The first kappa shape index (κ1) is 12.7. The van der Waals surface area contributed by atoms with Gasteiger partial charge in [0.2, 0.25) is 5.89 Å². The van der Waals surface area contributed by atoms with E-state index in [9.17, 15) is 0 Å². The lowest BCUT2D eigenvalue weighted by molar-refractivity contribution is 0.337. The number of nitrogens with zero attached hydrogens (tertiary/aromatic N) is 3. The molecule has 2 aromatic heterocycles. The maximum atomic E-state index is 5.24. The van der Waals surface area contributed by atoms with Crippen LogP contribution >= 0.6 is 0 Å². The van der Waals surface area contributed by atoms with Crippen LogP contribution in [0.25, 0.3) is 0 Å². The maximum Gasteiger partial charge on any atom is 0.243 e. The SMILES string of the molecule is CCCNC(C)c1nc(Cc2ccccn2)no1. The Balaban J connectivity index is 1.98. The fraction of sp³-hybridized carbons (Fsp3) is 0.462. The van der Waals surface area contributed by atoms with Crippen LogP contribution in [0.1, 0.15) is 43.7 Å². The number of nitrogens with one attached hydrogen (secondary N) is 1. The summed E-state index contributed by atoms with van der Waals surface area (Å²) < 4.78 is 5.24. The second-order valence-electron chi connectivity index (χ2n) is 4.22. The first-order chi connectivity index (χ1) is 8.79. The molecule has 2 aromatic rings. The maximum absolute atomic E-state index is 5.24. The molecule has 0 fully saturated rings. The molecule has 1 N–H and O–H groups in total. The Morgan fingerprint density at radius 1 is 1.39 bits per heavy atom. The largest absolute Gasteiger partial charge is 0.338 e. The molecular weight excluding hydrogens is 228 g/mol. The summed E-state index contributed by atoms with van der Waals surface area (Å²) in [7, 11) is 0. The monoisotopic (exact) mass is 246 g/mol. The molecule has 0 aliphatic carbocycles. The first-order valence-corrected chi connectivity index (χ1v) is 6.25. The predicted molar refractivity (Wildman–Crippen MR) is 68.0 cm³/mol. The minimum Gasteiger partial charge on any atom is -0.338 e. The van der Waals surface area contributed by atoms with E-state index in [1.54, 1.807) is 6.20 Å². The van der Waals surface area contributed by atoms with Crippen LogP contribution in [0.4, 0.5) is 0 Å². The van der Waals surface area contributed by atoms with Gasteiger partial charge in [0.1, 0.15) is 0 Å². The van der Waals surface area contributed by atoms with Crippen molar-refractivity contribution in [2.75, 3.05) is 6.54 Å². The Morgan fingerprint density at radius 3 is 3.00 bits per heavy atom. The van der Waals surface area contributed by atoms with Gasteiger partial charge in [-0.25, -0.2) is 0 Å². The van der Waals surface area contributed by atoms with Crippen molar-refractivity contribution < 1.29 is 4.52 Å². The Labute approximate surface area is 107 Å². The molecule has 5 nitrogen and oxygen atoms in total. The van der Waals surface area contributed by atoms with Crippen LogP contribution in [0, 0.1) is 0 Å². The third kappa shape index (κ3) is 3.37. The van der Waals surface area contributed by atoms with Gasteiger partial charge in [0.05, 0.1) is 12.5 Å². The number of rotatable bonds is 6. The summed E-state index contributed by atoms with van der Waals surface area (Å²) in [5.74, 6) is 1.31. The van der Waals surface area contributed by atoms with Crippen molar-refractivity contribution in [3.05, 3.63) is 41.8 Å². The van der Waals surface area contributed by atoms with E-state index < -0.39 is 0 Å². The van der Waals surface area contributed by atoms with Crippen molar-refractivity contribution in [2.24, 2.45) is 0 Å². The summed E-state index contributed by atoms with van der Waals surface area (Å²) in [6, 6.07) is 5.89. The molecule has 2 rings (SSSR count). The lowest BCUT2D eigenvalue weighted by Gasteiger charge is -2.06. The van der Waals surface area contributed by atoms with Gasteiger partial charge in [0, 0.05) is 11.9 Å². The molecule has 2 heterocycles. The Morgan fingerprint density at radius 2 is 2.28 bits per heavy atom. The normalized spacial score (nSPS) is 12.6. The van der Waals surface area contributed by atoms with E-state index in [1.165, 1.54) is 0 Å². The van der Waals surface area contributed by atoms with Gasteiger partial charge in [-0.2, -0.15) is 4.98 Å². The van der Waals surface area contributed by atoms with E-state index in [0.29, 0.717) is 18.1 Å². The minimum atomic E-state index is 0.0925. The average Bonchev–Trinajstić information content (AvgIpc) is 2.86. The number of hydrogen-bond acceptors (Lipinski definition) is 5. The van der Waals surface area contributed by atoms with Crippen LogP contribution in [0.15, 0.2) is 28.9 Å². The summed E-state index contributed by atoms with van der Waals surface area (Å²) in [6.07, 6.45) is 3.45. The van der Waals surface area contributed by atoms with Gasteiger partial charge in [-0.15, -0.1) is 0 Å². The lowest BCUT2D eigenvalue weighted by Crippen LogP contribution is -2.19. The molecule has 96 valence electrons. The highest BCUT2D eigenvalue weighted by atomic mass is 16.5. The van der Waals surface area contributed by atoms with Crippen LogP contribution in [-0.2, 0) is 6.42 Å². The van der Waals surface area contributed by atoms with Crippen LogP contribution in [0.2, 0.25) is 0 Å². The fourth-order valence-electron chi connectivity index (χ4n) is 1.63. The topological polar surface area (TPSA) is 63.8 Å². The van der Waals surface area contributed by atoms with Crippen LogP contribution in [-0.4, -0.2) is 21.7 Å². The predicted octanol–water partition coefficient (Wildman–Crippen LogP) is 2.12. The summed E-state index contributed by atoms with van der Waals surface area (Å²) in [6.45, 7) is 5.09. The van der Waals surface area contributed by atoms with E-state index in [2.05, 4.69) is 27.4 Å². The quantitative estimate of drug-likeness (QED) is 0.845. The van der Waals surface area contributed by atoms with Crippen LogP contribution < -0.4 is 5.32 Å². The Bertz CT molecular complexity index is 469. The molecular formula is C13H18N4O. The zero-order chi connectivity index (χ0) is 12.8. The van der Waals surface area contributed by atoms with Crippen molar-refractivity contribution in [1.29, 1.82) is 0 Å². The summed E-state index contributed by atoms with van der Waals surface area (Å²) >= 11 is 0. The van der Waals surface area contributed by atoms with Crippen molar-refractivity contribution in [3.63, 3.8) is 0 Å². The summed E-state index contributed by atoms with van der Waals surface area (Å²) in [4.78, 5) is 8.62. The molecule has 0 aromatic carbocycles. The summed E-state index contributed by atoms with van der Waals surface area (Å²) in [5.41, 5.74) is 0.944. The van der Waals surface area contributed by atoms with Crippen molar-refractivity contribution in [1.82, 2.24) is 20.4 Å². The third-order valence-electron chi connectivity index (χ3n) is 2.62. The first-order valence-electron chi connectivity index (χ1n) is 6.25. The number of hydrogen-bond donors (Lipinski definition) is 1. The van der Waals surface area contributed by atoms with Gasteiger partial charge in [0.15, 0.2) is 5.82 Å². The smallest absolute Gasteiger partial charge is 0.243 e. The average molecular weight is 246 g/mol. The molecule has 5 heteroatoms. The van der Waals surface area contributed by atoms with Crippen molar-refractivity contribution >= 4 is 0 Å². The molecule has 0 spiro atoms. The van der Waals surface area contributed by atoms with Crippen molar-refractivity contribution in [2.45, 2.75) is 32.7 Å². The fourth-order valence-corrected chi connectivity index (χ4v) is 1.63. The second kappa shape index (κ2) is 6.26. The third-order valence-corrected chi connectivity index (χ3v) is 2.62. The number of aromatic nitrogens is 3. The van der Waals surface area contributed by atoms with Gasteiger partial charge < -0.3 is 9.84 Å². The zero-order valence-electron chi connectivity index (χ0n) is 10.8. The molecule has 0 saturated carbocycles. The van der Waals surface area contributed by atoms with Gasteiger partial charge in [0.25, 0.3) is 0 Å². The zero-order valence-corrected chi connectivity index (χ0v) is 10.8. The van der Waals surface area contributed by atoms with E-state index in [0.717, 1.165) is 18.7 Å². The molecule has 18 heavy (non-hydrogen) atoms. The molecule has 0 aliphatic heterocycles. The second-order valence-corrected chi connectivity index (χ2v) is 4.22. The molecule has 1 atom stereocenters. The van der Waals surface area contributed by atoms with E-state index in [1.807, 2.05) is 25.1 Å². The van der Waals surface area contributed by atoms with Gasteiger partial charge in [-0.3, -0.25) is 4.98 Å².